The summed E-state index contributed by atoms with van der Waals surface area (Å²) in [6, 6.07) is 0. The standard InChI is InChI=1S/C45H68O12/c1-25(46)52-24-31-35(53-26(2)47)36(54-27(3)48)37(55-28(4)49)38(56-31)57-34-16-17-42(9)32(41(34,7)8)15-18-44(11)33(42)14-13-29-30-23-40(5,6)19-21-45(30,39(50)51-12)22-20-43(29,44)10/h13,30-38H,14-24H2,1-12H3/t30-,31+,32-,33+,34-,35+,36-,37+,38-,42-,43+,44+,45-/m0/s1. The van der Waals surface area contributed by atoms with Gasteiger partial charge in [-0.25, -0.2) is 0 Å². The predicted octanol–water partition coefficient (Wildman–Crippen LogP) is 7.43. The molecule has 5 aliphatic carbocycles. The normalized spacial score (nSPS) is 42.9. The second-order valence-corrected chi connectivity index (χ2v) is 20.4. The van der Waals surface area contributed by atoms with Gasteiger partial charge in [-0.3, -0.25) is 24.0 Å². The van der Waals surface area contributed by atoms with E-state index in [1.54, 1.807) is 7.11 Å². The lowest BCUT2D eigenvalue weighted by atomic mass is 9.33. The Hall–Kier alpha value is -2.99. The van der Waals surface area contributed by atoms with Crippen molar-refractivity contribution in [1.29, 1.82) is 0 Å². The number of carbonyl (C=O) groups is 5. The van der Waals surface area contributed by atoms with E-state index in [-0.39, 0.29) is 57.6 Å². The zero-order valence-corrected chi connectivity index (χ0v) is 36.5. The van der Waals surface area contributed by atoms with Crippen LogP contribution < -0.4 is 0 Å². The first-order valence-electron chi connectivity index (χ1n) is 21.2. The maximum absolute atomic E-state index is 13.7. The monoisotopic (exact) mass is 800 g/mol. The van der Waals surface area contributed by atoms with Crippen molar-refractivity contribution in [3.8, 4) is 0 Å². The highest BCUT2D eigenvalue weighted by Crippen LogP contribution is 2.76. The Morgan fingerprint density at radius 1 is 0.719 bits per heavy atom. The third-order valence-corrected chi connectivity index (χ3v) is 16.4. The van der Waals surface area contributed by atoms with E-state index < -0.39 is 60.0 Å². The van der Waals surface area contributed by atoms with Crippen molar-refractivity contribution in [2.75, 3.05) is 13.7 Å². The molecule has 0 aromatic carbocycles. The molecule has 0 bridgehead atoms. The van der Waals surface area contributed by atoms with Crippen LogP contribution in [0.25, 0.3) is 0 Å². The SMILES string of the molecule is COC(=O)[C@]12CCC(C)(C)C[C@H]1C1=CC[C@@H]3[C@@]4(C)CC[C@H](O[C@@H]5O[C@H](COC(C)=O)[C@@H](OC(C)=O)[C@H](OC(C)=O)[C@H]5OC(C)=O)C(C)(C)[C@@H]4CC[C@@]3(C)[C@]1(C)CC2. The number of ether oxygens (including phenoxy) is 7. The van der Waals surface area contributed by atoms with Crippen molar-refractivity contribution in [3.63, 3.8) is 0 Å². The van der Waals surface area contributed by atoms with Gasteiger partial charge in [0.1, 0.15) is 12.7 Å². The number of methoxy groups -OCH3 is 1. The number of hydrogen-bond donors (Lipinski definition) is 0. The van der Waals surface area contributed by atoms with E-state index in [1.807, 2.05) is 0 Å². The van der Waals surface area contributed by atoms with Gasteiger partial charge in [0.25, 0.3) is 0 Å². The molecule has 12 heteroatoms. The maximum Gasteiger partial charge on any atom is 0.312 e. The van der Waals surface area contributed by atoms with Crippen molar-refractivity contribution in [2.45, 2.75) is 177 Å². The largest absolute Gasteiger partial charge is 0.469 e. The van der Waals surface area contributed by atoms with Gasteiger partial charge in [0.05, 0.1) is 18.6 Å². The highest BCUT2D eigenvalue weighted by Gasteiger charge is 2.70. The summed E-state index contributed by atoms with van der Waals surface area (Å²) in [5.74, 6) is -1.76. The summed E-state index contributed by atoms with van der Waals surface area (Å²) < 4.78 is 41.2. The Bertz CT molecular complexity index is 1650. The molecule has 5 fully saturated rings. The lowest BCUT2D eigenvalue weighted by molar-refractivity contribution is -0.333. The first-order valence-corrected chi connectivity index (χ1v) is 21.2. The molecule has 0 aromatic rings. The zero-order valence-electron chi connectivity index (χ0n) is 36.5. The molecule has 6 rings (SSSR count). The van der Waals surface area contributed by atoms with Gasteiger partial charge in [0, 0.05) is 27.7 Å². The van der Waals surface area contributed by atoms with E-state index in [9.17, 15) is 24.0 Å². The van der Waals surface area contributed by atoms with E-state index in [0.717, 1.165) is 57.8 Å². The molecule has 0 amide bonds. The molecule has 0 aromatic heterocycles. The zero-order chi connectivity index (χ0) is 42.1. The maximum atomic E-state index is 13.7. The minimum atomic E-state index is -1.28. The fourth-order valence-electron chi connectivity index (χ4n) is 13.5. The summed E-state index contributed by atoms with van der Waals surface area (Å²) in [5.41, 5.74) is 0.784. The van der Waals surface area contributed by atoms with Gasteiger partial charge < -0.3 is 33.2 Å². The smallest absolute Gasteiger partial charge is 0.312 e. The van der Waals surface area contributed by atoms with E-state index in [1.165, 1.54) is 33.3 Å². The summed E-state index contributed by atoms with van der Waals surface area (Å²) in [5, 5.41) is 0. The topological polar surface area (TPSA) is 150 Å². The average Bonchev–Trinajstić information content (AvgIpc) is 3.10. The molecule has 13 atom stereocenters. The van der Waals surface area contributed by atoms with Crippen LogP contribution in [0.3, 0.4) is 0 Å². The summed E-state index contributed by atoms with van der Waals surface area (Å²) in [7, 11) is 1.55. The Balaban J connectivity index is 1.31. The summed E-state index contributed by atoms with van der Waals surface area (Å²) in [6.07, 6.45) is 5.46. The molecule has 12 nitrogen and oxygen atoms in total. The van der Waals surface area contributed by atoms with Gasteiger partial charge >= 0.3 is 29.8 Å². The Morgan fingerprint density at radius 2 is 1.33 bits per heavy atom. The molecule has 0 radical (unpaired) electrons. The number of fused-ring (bicyclic) bond motifs is 7. The minimum Gasteiger partial charge on any atom is -0.469 e. The summed E-state index contributed by atoms with van der Waals surface area (Å²) in [6.45, 7) is 21.4. The predicted molar refractivity (Wildman–Crippen MR) is 208 cm³/mol. The molecule has 0 spiro atoms. The molecular weight excluding hydrogens is 732 g/mol. The lowest BCUT2D eigenvalue weighted by Crippen LogP contribution is -2.66. The fourth-order valence-corrected chi connectivity index (χ4v) is 13.5. The lowest BCUT2D eigenvalue weighted by Gasteiger charge is -2.71. The molecule has 0 N–H and O–H groups in total. The second kappa shape index (κ2) is 15.2. The van der Waals surface area contributed by atoms with Crippen molar-refractivity contribution >= 4 is 29.8 Å². The number of hydrogen-bond acceptors (Lipinski definition) is 12. The van der Waals surface area contributed by atoms with Crippen molar-refractivity contribution < 1.29 is 57.1 Å². The van der Waals surface area contributed by atoms with Gasteiger partial charge in [-0.1, -0.05) is 60.1 Å². The quantitative estimate of drug-likeness (QED) is 0.104. The van der Waals surface area contributed by atoms with Crippen LogP contribution in [0.2, 0.25) is 0 Å². The van der Waals surface area contributed by atoms with Gasteiger partial charge in [-0.15, -0.1) is 0 Å². The van der Waals surface area contributed by atoms with Crippen LogP contribution in [0.1, 0.15) is 140 Å². The van der Waals surface area contributed by atoms with Crippen LogP contribution >= 0.6 is 0 Å². The van der Waals surface area contributed by atoms with Crippen LogP contribution in [0, 0.1) is 50.2 Å². The van der Waals surface area contributed by atoms with E-state index >= 15 is 0 Å². The van der Waals surface area contributed by atoms with Crippen molar-refractivity contribution in [3.05, 3.63) is 11.6 Å². The van der Waals surface area contributed by atoms with Crippen LogP contribution in [0.5, 0.6) is 0 Å². The summed E-state index contributed by atoms with van der Waals surface area (Å²) in [4.78, 5) is 62.9. The number of carbonyl (C=O) groups excluding carboxylic acids is 5. The third kappa shape index (κ3) is 7.35. The average molecular weight is 801 g/mol. The van der Waals surface area contributed by atoms with Gasteiger partial charge in [-0.05, 0) is 109 Å². The highest BCUT2D eigenvalue weighted by molar-refractivity contribution is 5.78. The number of esters is 5. The van der Waals surface area contributed by atoms with Crippen LogP contribution in [-0.2, 0) is 57.1 Å². The second-order valence-electron chi connectivity index (χ2n) is 20.4. The van der Waals surface area contributed by atoms with Crippen LogP contribution in [-0.4, -0.2) is 80.4 Å². The number of rotatable bonds is 8. The van der Waals surface area contributed by atoms with E-state index in [4.69, 9.17) is 33.2 Å². The molecule has 57 heavy (non-hydrogen) atoms. The van der Waals surface area contributed by atoms with Crippen LogP contribution in [0.4, 0.5) is 0 Å². The van der Waals surface area contributed by atoms with Crippen molar-refractivity contribution in [1.82, 2.24) is 0 Å². The van der Waals surface area contributed by atoms with Crippen molar-refractivity contribution in [2.24, 2.45) is 50.2 Å². The third-order valence-electron chi connectivity index (χ3n) is 16.4. The molecule has 0 unspecified atom stereocenters. The Kier molecular flexibility index (Phi) is 11.7. The molecule has 6 aliphatic rings. The number of allylic oxidation sites excluding steroid dienone is 2. The summed E-state index contributed by atoms with van der Waals surface area (Å²) >= 11 is 0. The molecule has 1 saturated heterocycles. The molecule has 320 valence electrons. The van der Waals surface area contributed by atoms with Gasteiger partial charge in [0.15, 0.2) is 24.6 Å². The van der Waals surface area contributed by atoms with E-state index in [0.29, 0.717) is 12.3 Å². The molecular formula is C45H68O12. The fraction of sp³-hybridized carbons (Fsp3) is 0.844. The van der Waals surface area contributed by atoms with Gasteiger partial charge in [0.2, 0.25) is 0 Å². The molecule has 1 aliphatic heterocycles. The minimum absolute atomic E-state index is 0.0224. The Labute approximate surface area is 339 Å². The van der Waals surface area contributed by atoms with Crippen LogP contribution in [0.15, 0.2) is 11.6 Å². The molecule has 1 heterocycles. The molecule has 4 saturated carbocycles. The Morgan fingerprint density at radius 3 is 1.95 bits per heavy atom. The highest BCUT2D eigenvalue weighted by atomic mass is 16.7. The first-order chi connectivity index (χ1) is 26.5. The van der Waals surface area contributed by atoms with Gasteiger partial charge in [-0.2, -0.15) is 0 Å². The van der Waals surface area contributed by atoms with E-state index in [2.05, 4.69) is 54.5 Å². The first kappa shape index (κ1) is 43.6.